The highest BCUT2D eigenvalue weighted by Crippen LogP contribution is 2.16. The molecule has 0 aliphatic heterocycles. The van der Waals surface area contributed by atoms with Crippen LogP contribution in [0.1, 0.15) is 264 Å². The number of aryl methyl sites for hydroxylation is 2. The Kier molecular flexibility index (Phi) is 35.3. The van der Waals surface area contributed by atoms with Crippen molar-refractivity contribution < 1.29 is 4.57 Å². The number of hydrogen-bond acceptors (Lipinski definition) is 0. The van der Waals surface area contributed by atoms with E-state index >= 15 is 0 Å². The highest BCUT2D eigenvalue weighted by molar-refractivity contribution is 4.84. The van der Waals surface area contributed by atoms with Crippen molar-refractivity contribution in [3.05, 3.63) is 18.2 Å². The summed E-state index contributed by atoms with van der Waals surface area (Å²) in [6.07, 6.45) is 59.3. The van der Waals surface area contributed by atoms with Gasteiger partial charge in [-0.3, -0.25) is 0 Å². The minimum Gasteiger partial charge on any atom is -0.234 e. The molecule has 0 fully saturated rings. The van der Waals surface area contributed by atoms with Gasteiger partial charge in [-0.05, 0) is 32.1 Å². The predicted molar refractivity (Wildman–Crippen MR) is 216 cm³/mol. The first-order valence-electron chi connectivity index (χ1n) is 22.9. The molecule has 0 N–H and O–H groups in total. The molecule has 0 bridgehead atoms. The molecule has 284 valence electrons. The second-order valence-corrected chi connectivity index (χ2v) is 15.9. The van der Waals surface area contributed by atoms with Crippen molar-refractivity contribution in [2.24, 2.45) is 0 Å². The summed E-state index contributed by atoms with van der Waals surface area (Å²) in [6, 6.07) is 0. The van der Waals surface area contributed by atoms with Gasteiger partial charge in [-0.25, -0.2) is 9.13 Å². The molecule has 0 aliphatic rings. The van der Waals surface area contributed by atoms with E-state index < -0.39 is 0 Å². The van der Waals surface area contributed by atoms with Crippen LogP contribution in [0.2, 0.25) is 0 Å². The Balaban J connectivity index is 2.28. The zero-order valence-electron chi connectivity index (χ0n) is 33.8. The molecular formula is C46H91N2+. The molecule has 0 spiro atoms. The van der Waals surface area contributed by atoms with Gasteiger partial charge in [0.1, 0.15) is 12.4 Å². The van der Waals surface area contributed by atoms with E-state index in [1.54, 1.807) is 5.82 Å². The Labute approximate surface area is 304 Å². The molecule has 0 saturated carbocycles. The summed E-state index contributed by atoms with van der Waals surface area (Å²) in [5, 5.41) is 0. The van der Waals surface area contributed by atoms with Gasteiger partial charge in [-0.1, -0.05) is 226 Å². The fourth-order valence-corrected chi connectivity index (χ4v) is 7.74. The zero-order chi connectivity index (χ0) is 34.4. The van der Waals surface area contributed by atoms with Gasteiger partial charge in [0.05, 0.1) is 13.1 Å². The number of aromatic nitrogens is 2. The minimum absolute atomic E-state index is 1.23. The van der Waals surface area contributed by atoms with E-state index in [1.165, 1.54) is 257 Å². The molecule has 1 heterocycles. The van der Waals surface area contributed by atoms with Gasteiger partial charge < -0.3 is 0 Å². The number of nitrogens with zero attached hydrogens (tertiary/aromatic N) is 2. The van der Waals surface area contributed by atoms with Crippen LogP contribution in [0.4, 0.5) is 0 Å². The van der Waals surface area contributed by atoms with Gasteiger partial charge in [0.2, 0.25) is 0 Å². The van der Waals surface area contributed by atoms with Crippen molar-refractivity contribution in [1.82, 2.24) is 4.57 Å². The van der Waals surface area contributed by atoms with Gasteiger partial charge in [-0.2, -0.15) is 0 Å². The molecule has 1 rings (SSSR count). The van der Waals surface area contributed by atoms with Gasteiger partial charge >= 0.3 is 0 Å². The fraction of sp³-hybridized carbons (Fsp3) is 0.935. The maximum atomic E-state index is 2.65. The lowest BCUT2D eigenvalue weighted by molar-refractivity contribution is -0.704. The average Bonchev–Trinajstić information content (AvgIpc) is 3.48. The highest BCUT2D eigenvalue weighted by atomic mass is 15.1. The lowest BCUT2D eigenvalue weighted by Gasteiger charge is -2.07. The predicted octanol–water partition coefficient (Wildman–Crippen LogP) is 15.8. The Morgan fingerprint density at radius 3 is 1.00 bits per heavy atom. The van der Waals surface area contributed by atoms with Crippen LogP contribution in [-0.4, -0.2) is 4.57 Å². The van der Waals surface area contributed by atoms with E-state index in [-0.39, 0.29) is 0 Å². The molecule has 0 atom stereocenters. The van der Waals surface area contributed by atoms with Crippen LogP contribution in [0.3, 0.4) is 0 Å². The van der Waals surface area contributed by atoms with Crippen molar-refractivity contribution in [3.8, 4) is 0 Å². The third kappa shape index (κ3) is 29.0. The van der Waals surface area contributed by atoms with Crippen LogP contribution in [0, 0.1) is 0 Å². The second kappa shape index (κ2) is 37.5. The second-order valence-electron chi connectivity index (χ2n) is 15.9. The first kappa shape index (κ1) is 45.2. The average molecular weight is 672 g/mol. The van der Waals surface area contributed by atoms with Crippen molar-refractivity contribution in [1.29, 1.82) is 0 Å². The van der Waals surface area contributed by atoms with Crippen LogP contribution in [0.15, 0.2) is 12.4 Å². The van der Waals surface area contributed by atoms with Crippen LogP contribution >= 0.6 is 0 Å². The summed E-state index contributed by atoms with van der Waals surface area (Å²) < 4.78 is 5.30. The number of rotatable bonds is 40. The van der Waals surface area contributed by atoms with E-state index in [2.05, 4.69) is 42.3 Å². The SMILES string of the molecule is CCCCCCCCCCCCCCCC[n+]1ccn(CCCCCCCCCCCCC)c1CCCCCCCCCCCCCC. The first-order chi connectivity index (χ1) is 23.8. The zero-order valence-corrected chi connectivity index (χ0v) is 33.8. The molecule has 1 aromatic heterocycles. The Morgan fingerprint density at radius 2 is 0.646 bits per heavy atom. The maximum absolute atomic E-state index is 2.65. The molecule has 0 saturated heterocycles. The van der Waals surface area contributed by atoms with Crippen molar-refractivity contribution in [3.63, 3.8) is 0 Å². The molecule has 0 radical (unpaired) electrons. The van der Waals surface area contributed by atoms with Crippen molar-refractivity contribution >= 4 is 0 Å². The smallest absolute Gasteiger partial charge is 0.234 e. The highest BCUT2D eigenvalue weighted by Gasteiger charge is 2.16. The Bertz CT molecular complexity index is 736. The van der Waals surface area contributed by atoms with Crippen LogP contribution in [0.5, 0.6) is 0 Å². The first-order valence-corrected chi connectivity index (χ1v) is 22.9. The third-order valence-corrected chi connectivity index (χ3v) is 11.1. The molecule has 0 amide bonds. The summed E-state index contributed by atoms with van der Waals surface area (Å²) in [4.78, 5) is 0. The topological polar surface area (TPSA) is 8.81 Å². The van der Waals surface area contributed by atoms with Crippen LogP contribution < -0.4 is 4.57 Å². The molecule has 0 aromatic carbocycles. The quantitative estimate of drug-likeness (QED) is 0.0485. The summed E-state index contributed by atoms with van der Waals surface area (Å²) in [5.74, 6) is 1.63. The Morgan fingerprint density at radius 1 is 0.354 bits per heavy atom. The number of unbranched alkanes of at least 4 members (excludes halogenated alkanes) is 34. The molecule has 0 unspecified atom stereocenters. The van der Waals surface area contributed by atoms with Gasteiger partial charge in [0, 0.05) is 6.42 Å². The van der Waals surface area contributed by atoms with Gasteiger partial charge in [-0.15, -0.1) is 0 Å². The van der Waals surface area contributed by atoms with Crippen LogP contribution in [-0.2, 0) is 19.5 Å². The molecule has 2 nitrogen and oxygen atoms in total. The summed E-state index contributed by atoms with van der Waals surface area (Å²) in [5.41, 5.74) is 0. The van der Waals surface area contributed by atoms with Crippen LogP contribution in [0.25, 0.3) is 0 Å². The standard InChI is InChI=1S/C46H91N2/c1-4-7-10-13-16-19-22-24-25-28-31-34-37-40-43-48-45-44-47(42-39-36-33-30-27-21-18-15-12-9-6-3)46(48)41-38-35-32-29-26-23-20-17-14-11-8-5-2/h44-45H,4-43H2,1-3H3/q+1. The third-order valence-electron chi connectivity index (χ3n) is 11.1. The minimum atomic E-state index is 1.23. The monoisotopic (exact) mass is 672 g/mol. The lowest BCUT2D eigenvalue weighted by Crippen LogP contribution is -2.37. The molecule has 0 aliphatic carbocycles. The molecule has 2 heteroatoms. The largest absolute Gasteiger partial charge is 0.256 e. The van der Waals surface area contributed by atoms with E-state index in [0.717, 1.165) is 0 Å². The summed E-state index contributed by atoms with van der Waals surface area (Å²) >= 11 is 0. The fourth-order valence-electron chi connectivity index (χ4n) is 7.74. The molecule has 48 heavy (non-hydrogen) atoms. The molecular weight excluding hydrogens is 581 g/mol. The van der Waals surface area contributed by atoms with E-state index in [1.807, 2.05) is 0 Å². The normalized spacial score (nSPS) is 11.6. The van der Waals surface area contributed by atoms with E-state index in [0.29, 0.717) is 0 Å². The number of hydrogen-bond donors (Lipinski definition) is 0. The van der Waals surface area contributed by atoms with Gasteiger partial charge in [0.15, 0.2) is 0 Å². The van der Waals surface area contributed by atoms with Crippen molar-refractivity contribution in [2.75, 3.05) is 0 Å². The van der Waals surface area contributed by atoms with Crippen molar-refractivity contribution in [2.45, 2.75) is 278 Å². The summed E-state index contributed by atoms with van der Waals surface area (Å²) in [7, 11) is 0. The van der Waals surface area contributed by atoms with Gasteiger partial charge in [0.25, 0.3) is 5.82 Å². The Hall–Kier alpha value is -0.790. The molecule has 1 aromatic rings. The maximum Gasteiger partial charge on any atom is 0.256 e. The number of imidazole rings is 1. The lowest BCUT2D eigenvalue weighted by atomic mass is 10.0. The summed E-state index contributed by atoms with van der Waals surface area (Å²) in [6.45, 7) is 9.41. The van der Waals surface area contributed by atoms with E-state index in [4.69, 9.17) is 0 Å². The van der Waals surface area contributed by atoms with E-state index in [9.17, 15) is 0 Å².